The third-order valence-corrected chi connectivity index (χ3v) is 4.69. The number of likely N-dealkylation sites (tertiary alicyclic amines) is 1. The van der Waals surface area contributed by atoms with E-state index in [2.05, 4.69) is 17.1 Å². The molecule has 1 aliphatic carbocycles. The zero-order valence-electron chi connectivity index (χ0n) is 12.1. The molecule has 1 heterocycles. The highest BCUT2D eigenvalue weighted by molar-refractivity contribution is 4.89. The van der Waals surface area contributed by atoms with E-state index in [9.17, 15) is 5.11 Å². The van der Waals surface area contributed by atoms with Crippen LogP contribution in [0.15, 0.2) is 0 Å². The quantitative estimate of drug-likeness (QED) is 0.789. The highest BCUT2D eigenvalue weighted by Crippen LogP contribution is 2.31. The summed E-state index contributed by atoms with van der Waals surface area (Å²) in [6.07, 6.45) is 8.78. The van der Waals surface area contributed by atoms with Crippen LogP contribution in [0.5, 0.6) is 0 Å². The van der Waals surface area contributed by atoms with Gasteiger partial charge in [0.25, 0.3) is 0 Å². The maximum Gasteiger partial charge on any atom is 0.0527 e. The van der Waals surface area contributed by atoms with Crippen LogP contribution < -0.4 is 5.32 Å². The van der Waals surface area contributed by atoms with Crippen LogP contribution in [0.2, 0.25) is 0 Å². The van der Waals surface area contributed by atoms with Crippen molar-refractivity contribution in [3.8, 4) is 0 Å². The van der Waals surface area contributed by atoms with E-state index in [1.54, 1.807) is 0 Å². The van der Waals surface area contributed by atoms with Gasteiger partial charge >= 0.3 is 0 Å². The van der Waals surface area contributed by atoms with Crippen molar-refractivity contribution in [3.05, 3.63) is 0 Å². The predicted molar refractivity (Wildman–Crippen MR) is 75.7 cm³/mol. The molecule has 2 atom stereocenters. The standard InChI is InChI=1S/C15H30N2O/c1-3-16-13-6-8-14(9-7-13)17-10-4-5-15(17)11-12(2)18/h12-16,18H,3-11H2,1-2H3. The largest absolute Gasteiger partial charge is 0.393 e. The van der Waals surface area contributed by atoms with Crippen molar-refractivity contribution >= 4 is 0 Å². The number of nitrogens with zero attached hydrogens (tertiary/aromatic N) is 1. The SMILES string of the molecule is CCNC1CCC(N2CCCC2CC(C)O)CC1. The second-order valence-electron chi connectivity index (χ2n) is 6.18. The summed E-state index contributed by atoms with van der Waals surface area (Å²) in [6.45, 7) is 6.49. The van der Waals surface area contributed by atoms with Crippen molar-refractivity contribution in [1.82, 2.24) is 10.2 Å². The molecule has 1 saturated heterocycles. The van der Waals surface area contributed by atoms with Gasteiger partial charge in [0.1, 0.15) is 0 Å². The third kappa shape index (κ3) is 3.69. The summed E-state index contributed by atoms with van der Waals surface area (Å²) >= 11 is 0. The Morgan fingerprint density at radius 1 is 1.22 bits per heavy atom. The molecule has 0 aromatic carbocycles. The Labute approximate surface area is 112 Å². The van der Waals surface area contributed by atoms with Crippen LogP contribution in [0.3, 0.4) is 0 Å². The molecule has 2 aliphatic rings. The molecule has 0 radical (unpaired) electrons. The van der Waals surface area contributed by atoms with Crippen LogP contribution in [0.25, 0.3) is 0 Å². The molecule has 1 aliphatic heterocycles. The monoisotopic (exact) mass is 254 g/mol. The number of nitrogens with one attached hydrogen (secondary N) is 1. The van der Waals surface area contributed by atoms with Gasteiger partial charge in [0.05, 0.1) is 6.10 Å². The normalized spacial score (nSPS) is 35.8. The molecule has 2 N–H and O–H groups in total. The first-order valence-electron chi connectivity index (χ1n) is 7.88. The second-order valence-corrected chi connectivity index (χ2v) is 6.18. The first-order chi connectivity index (χ1) is 8.70. The van der Waals surface area contributed by atoms with Gasteiger partial charge in [-0.2, -0.15) is 0 Å². The summed E-state index contributed by atoms with van der Waals surface area (Å²) in [5, 5.41) is 13.2. The maximum atomic E-state index is 9.60. The first kappa shape index (κ1) is 14.3. The minimum atomic E-state index is -0.145. The van der Waals surface area contributed by atoms with E-state index in [0.717, 1.165) is 25.0 Å². The fraction of sp³-hybridized carbons (Fsp3) is 1.00. The summed E-state index contributed by atoms with van der Waals surface area (Å²) < 4.78 is 0. The lowest BCUT2D eigenvalue weighted by atomic mass is 9.89. The van der Waals surface area contributed by atoms with Crippen molar-refractivity contribution in [1.29, 1.82) is 0 Å². The predicted octanol–water partition coefficient (Wildman–Crippen LogP) is 2.14. The van der Waals surface area contributed by atoms with Crippen LogP contribution in [0.1, 0.15) is 58.8 Å². The molecular weight excluding hydrogens is 224 g/mol. The van der Waals surface area contributed by atoms with Gasteiger partial charge in [-0.15, -0.1) is 0 Å². The van der Waals surface area contributed by atoms with Gasteiger partial charge in [-0.1, -0.05) is 6.92 Å². The fourth-order valence-electron chi connectivity index (χ4n) is 3.89. The summed E-state index contributed by atoms with van der Waals surface area (Å²) in [5.74, 6) is 0. The molecule has 0 bridgehead atoms. The van der Waals surface area contributed by atoms with Crippen LogP contribution in [-0.4, -0.2) is 47.3 Å². The third-order valence-electron chi connectivity index (χ3n) is 4.69. The molecule has 0 amide bonds. The van der Waals surface area contributed by atoms with Crippen molar-refractivity contribution in [2.24, 2.45) is 0 Å². The zero-order chi connectivity index (χ0) is 13.0. The number of hydrogen-bond donors (Lipinski definition) is 2. The molecule has 106 valence electrons. The Balaban J connectivity index is 1.81. The molecule has 2 unspecified atom stereocenters. The van der Waals surface area contributed by atoms with Crippen molar-refractivity contribution < 1.29 is 5.11 Å². The van der Waals surface area contributed by atoms with E-state index in [4.69, 9.17) is 0 Å². The molecule has 0 aromatic rings. The van der Waals surface area contributed by atoms with Gasteiger partial charge in [0.2, 0.25) is 0 Å². The summed E-state index contributed by atoms with van der Waals surface area (Å²) in [5.41, 5.74) is 0. The van der Waals surface area contributed by atoms with E-state index in [0.29, 0.717) is 6.04 Å². The summed E-state index contributed by atoms with van der Waals surface area (Å²) in [4.78, 5) is 2.70. The Hall–Kier alpha value is -0.120. The first-order valence-corrected chi connectivity index (χ1v) is 7.88. The lowest BCUT2D eigenvalue weighted by Crippen LogP contribution is -2.45. The van der Waals surface area contributed by atoms with Gasteiger partial charge in [0.15, 0.2) is 0 Å². The molecule has 2 rings (SSSR count). The number of rotatable bonds is 5. The van der Waals surface area contributed by atoms with Crippen molar-refractivity contribution in [2.75, 3.05) is 13.1 Å². The Morgan fingerprint density at radius 3 is 2.56 bits per heavy atom. The van der Waals surface area contributed by atoms with E-state index in [-0.39, 0.29) is 6.10 Å². The topological polar surface area (TPSA) is 35.5 Å². The molecule has 0 aromatic heterocycles. The van der Waals surface area contributed by atoms with Gasteiger partial charge < -0.3 is 10.4 Å². The average molecular weight is 254 g/mol. The van der Waals surface area contributed by atoms with Crippen LogP contribution in [-0.2, 0) is 0 Å². The minimum absolute atomic E-state index is 0.145. The van der Waals surface area contributed by atoms with Crippen LogP contribution in [0, 0.1) is 0 Å². The zero-order valence-corrected chi connectivity index (χ0v) is 12.1. The lowest BCUT2D eigenvalue weighted by Gasteiger charge is -2.38. The highest BCUT2D eigenvalue weighted by Gasteiger charge is 2.33. The Bertz CT molecular complexity index is 237. The number of aliphatic hydroxyl groups is 1. The maximum absolute atomic E-state index is 9.60. The Kier molecular flexibility index (Phi) is 5.46. The fourth-order valence-corrected chi connectivity index (χ4v) is 3.89. The molecule has 18 heavy (non-hydrogen) atoms. The van der Waals surface area contributed by atoms with Gasteiger partial charge in [-0.25, -0.2) is 0 Å². The highest BCUT2D eigenvalue weighted by atomic mass is 16.3. The summed E-state index contributed by atoms with van der Waals surface area (Å²) in [6, 6.07) is 2.18. The van der Waals surface area contributed by atoms with E-state index < -0.39 is 0 Å². The molecule has 3 nitrogen and oxygen atoms in total. The van der Waals surface area contributed by atoms with E-state index in [1.807, 2.05) is 6.92 Å². The van der Waals surface area contributed by atoms with Crippen LogP contribution in [0.4, 0.5) is 0 Å². The van der Waals surface area contributed by atoms with Crippen molar-refractivity contribution in [2.45, 2.75) is 83.0 Å². The summed E-state index contributed by atoms with van der Waals surface area (Å²) in [7, 11) is 0. The van der Waals surface area contributed by atoms with Gasteiger partial charge in [-0.3, -0.25) is 4.90 Å². The molecule has 0 spiro atoms. The van der Waals surface area contributed by atoms with Crippen molar-refractivity contribution in [3.63, 3.8) is 0 Å². The minimum Gasteiger partial charge on any atom is -0.393 e. The van der Waals surface area contributed by atoms with Gasteiger partial charge in [0, 0.05) is 18.1 Å². The Morgan fingerprint density at radius 2 is 1.94 bits per heavy atom. The molecular formula is C15H30N2O. The molecule has 1 saturated carbocycles. The average Bonchev–Trinajstić information content (AvgIpc) is 2.78. The second kappa shape index (κ2) is 6.88. The molecule has 2 fully saturated rings. The number of aliphatic hydroxyl groups excluding tert-OH is 1. The van der Waals surface area contributed by atoms with Gasteiger partial charge in [-0.05, 0) is 65.0 Å². The number of hydrogen-bond acceptors (Lipinski definition) is 3. The van der Waals surface area contributed by atoms with Crippen LogP contribution >= 0.6 is 0 Å². The lowest BCUT2D eigenvalue weighted by molar-refractivity contribution is 0.0890. The smallest absolute Gasteiger partial charge is 0.0527 e. The van der Waals surface area contributed by atoms with E-state index >= 15 is 0 Å². The van der Waals surface area contributed by atoms with E-state index in [1.165, 1.54) is 45.1 Å². The molecule has 3 heteroatoms.